The van der Waals surface area contributed by atoms with Gasteiger partial charge in [-0.05, 0) is 50.7 Å². The van der Waals surface area contributed by atoms with Crippen molar-refractivity contribution in [3.8, 4) is 0 Å². The van der Waals surface area contributed by atoms with Crippen LogP contribution in [0.2, 0.25) is 0 Å². The van der Waals surface area contributed by atoms with Crippen molar-refractivity contribution >= 4 is 29.3 Å². The number of anilines is 2. The minimum atomic E-state index is -0.693. The molecule has 0 aliphatic rings. The largest absolute Gasteiger partial charge is 0.481 e. The van der Waals surface area contributed by atoms with Gasteiger partial charge in [-0.25, -0.2) is 0 Å². The quantitative estimate of drug-likeness (QED) is 0.0545. The standard InChI is InChI=1S/C38H66N2O6/c41-36(42)28-18-12-6-1-3-9-15-23-31-39-34-26-21-22-27-35(34)40(33-25-17-11-5-8-14-20-30-38(45)46)32-24-16-10-4-2-7-13-19-29-37(43)44/h21-22,26-27,39H,1-20,23-25,28-33H2,(H,41,42)(H,43,44)(H,45,46). The number of carboxylic acid groups (broad SMARTS) is 3. The molecule has 0 spiro atoms. The van der Waals surface area contributed by atoms with Crippen LogP contribution in [0.4, 0.5) is 11.4 Å². The molecule has 0 unspecified atom stereocenters. The SMILES string of the molecule is O=C(O)CCCCCCCCCCNc1ccccc1N(CCCCCCCCCCC(=O)O)CCCCCCCCCC(=O)O. The molecule has 0 saturated carbocycles. The van der Waals surface area contributed by atoms with Gasteiger partial charge in [0.25, 0.3) is 0 Å². The summed E-state index contributed by atoms with van der Waals surface area (Å²) in [5.41, 5.74) is 2.52. The van der Waals surface area contributed by atoms with E-state index in [9.17, 15) is 14.4 Å². The average molecular weight is 647 g/mol. The third kappa shape index (κ3) is 25.4. The van der Waals surface area contributed by atoms with E-state index in [0.717, 1.165) is 90.3 Å². The molecule has 0 atom stereocenters. The fourth-order valence-corrected chi connectivity index (χ4v) is 6.04. The van der Waals surface area contributed by atoms with Crippen molar-refractivity contribution in [1.29, 1.82) is 0 Å². The second kappa shape index (κ2) is 29.6. The summed E-state index contributed by atoms with van der Waals surface area (Å²) in [4.78, 5) is 34.5. The summed E-state index contributed by atoms with van der Waals surface area (Å²) < 4.78 is 0. The Labute approximate surface area is 279 Å². The zero-order valence-corrected chi connectivity index (χ0v) is 28.8. The maximum Gasteiger partial charge on any atom is 0.303 e. The highest BCUT2D eigenvalue weighted by atomic mass is 16.4. The summed E-state index contributed by atoms with van der Waals surface area (Å²) in [6.07, 6.45) is 26.5. The van der Waals surface area contributed by atoms with Gasteiger partial charge in [-0.15, -0.1) is 0 Å². The van der Waals surface area contributed by atoms with Crippen LogP contribution < -0.4 is 10.2 Å². The van der Waals surface area contributed by atoms with Gasteiger partial charge in [0.2, 0.25) is 0 Å². The van der Waals surface area contributed by atoms with Gasteiger partial charge >= 0.3 is 17.9 Å². The van der Waals surface area contributed by atoms with Crippen molar-refractivity contribution < 1.29 is 29.7 Å². The van der Waals surface area contributed by atoms with Crippen LogP contribution in [0.3, 0.4) is 0 Å². The molecular weight excluding hydrogens is 580 g/mol. The van der Waals surface area contributed by atoms with Crippen molar-refractivity contribution in [3.05, 3.63) is 24.3 Å². The highest BCUT2D eigenvalue weighted by Crippen LogP contribution is 2.27. The first kappa shape index (κ1) is 41.3. The summed E-state index contributed by atoms with van der Waals surface area (Å²) >= 11 is 0. The molecule has 4 N–H and O–H groups in total. The number of rotatable bonds is 34. The monoisotopic (exact) mass is 646 g/mol. The smallest absolute Gasteiger partial charge is 0.303 e. The lowest BCUT2D eigenvalue weighted by Gasteiger charge is -2.28. The molecule has 0 saturated heterocycles. The van der Waals surface area contributed by atoms with Crippen molar-refractivity contribution in [2.75, 3.05) is 29.9 Å². The van der Waals surface area contributed by atoms with Gasteiger partial charge < -0.3 is 25.5 Å². The van der Waals surface area contributed by atoms with E-state index in [1.807, 2.05) is 0 Å². The molecule has 8 nitrogen and oxygen atoms in total. The van der Waals surface area contributed by atoms with Crippen molar-refractivity contribution in [2.45, 2.75) is 167 Å². The number of nitrogens with zero attached hydrogens (tertiary/aromatic N) is 1. The van der Waals surface area contributed by atoms with Crippen LogP contribution >= 0.6 is 0 Å². The highest BCUT2D eigenvalue weighted by Gasteiger charge is 2.11. The summed E-state index contributed by atoms with van der Waals surface area (Å²) in [7, 11) is 0. The molecular formula is C38H66N2O6. The number of benzene rings is 1. The van der Waals surface area contributed by atoms with E-state index in [4.69, 9.17) is 15.3 Å². The summed E-state index contributed by atoms with van der Waals surface area (Å²) in [5, 5.41) is 30.1. The molecule has 0 amide bonds. The van der Waals surface area contributed by atoms with Gasteiger partial charge in [-0.1, -0.05) is 121 Å². The average Bonchev–Trinajstić information content (AvgIpc) is 3.02. The maximum atomic E-state index is 10.7. The molecule has 1 rings (SSSR count). The molecule has 0 heterocycles. The Balaban J connectivity index is 2.44. The minimum absolute atomic E-state index is 0.285. The number of hydrogen-bond acceptors (Lipinski definition) is 5. The van der Waals surface area contributed by atoms with Crippen molar-refractivity contribution in [1.82, 2.24) is 0 Å². The topological polar surface area (TPSA) is 127 Å². The first-order chi connectivity index (χ1) is 22.4. The highest BCUT2D eigenvalue weighted by molar-refractivity contribution is 5.70. The van der Waals surface area contributed by atoms with E-state index >= 15 is 0 Å². The molecule has 0 fully saturated rings. The Hall–Kier alpha value is -2.77. The summed E-state index contributed by atoms with van der Waals surface area (Å²) in [5.74, 6) is -2.07. The Kier molecular flexibility index (Phi) is 26.6. The fourth-order valence-electron chi connectivity index (χ4n) is 6.04. The Morgan fingerprint density at radius 2 is 0.783 bits per heavy atom. The molecule has 0 aromatic heterocycles. The first-order valence-electron chi connectivity index (χ1n) is 18.6. The molecule has 0 aliphatic carbocycles. The first-order valence-corrected chi connectivity index (χ1v) is 18.6. The molecule has 0 bridgehead atoms. The molecule has 1 aromatic carbocycles. The minimum Gasteiger partial charge on any atom is -0.481 e. The van der Waals surface area contributed by atoms with Crippen LogP contribution in [0.1, 0.15) is 167 Å². The van der Waals surface area contributed by atoms with Crippen molar-refractivity contribution in [2.24, 2.45) is 0 Å². The van der Waals surface area contributed by atoms with Crippen LogP contribution in [0, 0.1) is 0 Å². The molecule has 0 radical (unpaired) electrons. The van der Waals surface area contributed by atoms with E-state index < -0.39 is 17.9 Å². The zero-order valence-electron chi connectivity index (χ0n) is 28.8. The molecule has 8 heteroatoms. The predicted molar refractivity (Wildman–Crippen MR) is 190 cm³/mol. The third-order valence-electron chi connectivity index (χ3n) is 8.76. The Morgan fingerprint density at radius 3 is 1.17 bits per heavy atom. The number of nitrogens with one attached hydrogen (secondary N) is 1. The number of para-hydroxylation sites is 2. The van der Waals surface area contributed by atoms with E-state index in [0.29, 0.717) is 6.42 Å². The van der Waals surface area contributed by atoms with E-state index in [2.05, 4.69) is 34.5 Å². The molecule has 264 valence electrons. The van der Waals surface area contributed by atoms with Crippen LogP contribution in [0.25, 0.3) is 0 Å². The van der Waals surface area contributed by atoms with Gasteiger partial charge in [0, 0.05) is 38.9 Å². The predicted octanol–water partition coefficient (Wildman–Crippen LogP) is 10.3. The number of carbonyl (C=O) groups is 3. The number of carboxylic acids is 3. The van der Waals surface area contributed by atoms with E-state index in [1.54, 1.807) is 0 Å². The molecule has 0 aliphatic heterocycles. The summed E-state index contributed by atoms with van der Waals surface area (Å²) in [6.45, 7) is 3.07. The van der Waals surface area contributed by atoms with Gasteiger partial charge in [0.15, 0.2) is 0 Å². The number of hydrogen-bond donors (Lipinski definition) is 4. The van der Waals surface area contributed by atoms with Crippen LogP contribution in [0.5, 0.6) is 0 Å². The van der Waals surface area contributed by atoms with Crippen LogP contribution in [-0.2, 0) is 14.4 Å². The van der Waals surface area contributed by atoms with Gasteiger partial charge in [-0.3, -0.25) is 14.4 Å². The fraction of sp³-hybridized carbons (Fsp3) is 0.763. The Bertz CT molecular complexity index is 909. The van der Waals surface area contributed by atoms with Crippen LogP contribution in [-0.4, -0.2) is 52.9 Å². The molecule has 46 heavy (non-hydrogen) atoms. The lowest BCUT2D eigenvalue weighted by Crippen LogP contribution is -2.26. The van der Waals surface area contributed by atoms with Gasteiger partial charge in [0.05, 0.1) is 11.4 Å². The van der Waals surface area contributed by atoms with Crippen LogP contribution in [0.15, 0.2) is 24.3 Å². The lowest BCUT2D eigenvalue weighted by molar-refractivity contribution is -0.138. The van der Waals surface area contributed by atoms with Gasteiger partial charge in [-0.2, -0.15) is 0 Å². The number of aliphatic carboxylic acids is 3. The van der Waals surface area contributed by atoms with E-state index in [1.165, 1.54) is 88.4 Å². The lowest BCUT2D eigenvalue weighted by atomic mass is 10.1. The number of unbranched alkanes of at least 4 members (excludes halogenated alkanes) is 20. The van der Waals surface area contributed by atoms with E-state index in [-0.39, 0.29) is 12.8 Å². The Morgan fingerprint density at radius 1 is 0.457 bits per heavy atom. The molecule has 1 aromatic rings. The second-order valence-corrected chi connectivity index (χ2v) is 13.0. The maximum absolute atomic E-state index is 10.7. The second-order valence-electron chi connectivity index (χ2n) is 13.0. The van der Waals surface area contributed by atoms with Gasteiger partial charge in [0.1, 0.15) is 0 Å². The third-order valence-corrected chi connectivity index (χ3v) is 8.76. The zero-order chi connectivity index (χ0) is 33.5. The van der Waals surface area contributed by atoms with Crippen molar-refractivity contribution in [3.63, 3.8) is 0 Å². The summed E-state index contributed by atoms with van der Waals surface area (Å²) in [6, 6.07) is 8.73. The normalized spacial score (nSPS) is 11.0.